The highest BCUT2D eigenvalue weighted by Crippen LogP contribution is 2.25. The molecule has 2 N–H and O–H groups in total. The molecule has 9 heteroatoms. The minimum atomic E-state index is -0.563. The van der Waals surface area contributed by atoms with Gasteiger partial charge in [-0.15, -0.1) is 11.3 Å². The van der Waals surface area contributed by atoms with Crippen molar-refractivity contribution >= 4 is 39.2 Å². The van der Waals surface area contributed by atoms with E-state index in [-0.39, 0.29) is 17.9 Å². The van der Waals surface area contributed by atoms with Crippen molar-refractivity contribution < 1.29 is 14.3 Å². The molecule has 2 amide bonds. The number of rotatable bonds is 6. The fraction of sp³-hybridized carbons (Fsp3) is 0.417. The Morgan fingerprint density at radius 2 is 1.97 bits per heavy atom. The molecule has 0 spiro atoms. The first-order valence-electron chi connectivity index (χ1n) is 10.7. The number of anilines is 1. The van der Waals surface area contributed by atoms with Gasteiger partial charge in [-0.05, 0) is 57.9 Å². The lowest BCUT2D eigenvalue weighted by atomic mass is 10.2. The molecule has 0 bridgehead atoms. The second-order valence-electron chi connectivity index (χ2n) is 9.06. The summed E-state index contributed by atoms with van der Waals surface area (Å²) in [5.74, 6) is 0.311. The Labute approximate surface area is 197 Å². The molecule has 2 heterocycles. The second kappa shape index (κ2) is 9.74. The molecular weight excluding hydrogens is 440 g/mol. The highest BCUT2D eigenvalue weighted by atomic mass is 32.1. The molecule has 0 fully saturated rings. The van der Waals surface area contributed by atoms with E-state index in [0.717, 1.165) is 16.0 Å². The van der Waals surface area contributed by atoms with Crippen LogP contribution in [-0.2, 0) is 22.5 Å². The molecule has 8 nitrogen and oxygen atoms in total. The standard InChI is InChI=1S/C24H30N4O4S/c1-14-15(2)33-22-20(14)21(30)26-18(27-22)10-11-19(29)25-17-9-7-8-16(12-17)13-28(6)23(31)32-24(3,4)5/h7-9,12H,10-11,13H2,1-6H3,(H,25,29)(H,26,27,30). The summed E-state index contributed by atoms with van der Waals surface area (Å²) in [6, 6.07) is 7.31. The highest BCUT2D eigenvalue weighted by molar-refractivity contribution is 7.18. The third-order valence-electron chi connectivity index (χ3n) is 5.01. The quantitative estimate of drug-likeness (QED) is 0.550. The molecule has 0 saturated carbocycles. The van der Waals surface area contributed by atoms with Crippen LogP contribution in [-0.4, -0.2) is 39.5 Å². The molecule has 2 aromatic heterocycles. The van der Waals surface area contributed by atoms with Crippen molar-refractivity contribution in [1.82, 2.24) is 14.9 Å². The van der Waals surface area contributed by atoms with E-state index in [9.17, 15) is 14.4 Å². The van der Waals surface area contributed by atoms with Crippen LogP contribution >= 0.6 is 11.3 Å². The van der Waals surface area contributed by atoms with Crippen molar-refractivity contribution in [2.45, 2.75) is 59.6 Å². The van der Waals surface area contributed by atoms with E-state index in [4.69, 9.17) is 4.74 Å². The Morgan fingerprint density at radius 3 is 2.67 bits per heavy atom. The SMILES string of the molecule is Cc1sc2nc(CCC(=O)Nc3cccc(CN(C)C(=O)OC(C)(C)C)c3)[nH]c(=O)c2c1C. The van der Waals surface area contributed by atoms with E-state index in [1.54, 1.807) is 13.1 Å². The molecule has 176 valence electrons. The Hall–Kier alpha value is -3.20. The summed E-state index contributed by atoms with van der Waals surface area (Å²) in [6.45, 7) is 9.69. The van der Waals surface area contributed by atoms with E-state index in [0.29, 0.717) is 34.7 Å². The minimum absolute atomic E-state index is 0.168. The van der Waals surface area contributed by atoms with E-state index in [1.165, 1.54) is 16.2 Å². The number of carbonyl (C=O) groups is 2. The number of thiophene rings is 1. The number of hydrogen-bond acceptors (Lipinski definition) is 6. The van der Waals surface area contributed by atoms with E-state index in [2.05, 4.69) is 15.3 Å². The van der Waals surface area contributed by atoms with Crippen LogP contribution < -0.4 is 10.9 Å². The summed E-state index contributed by atoms with van der Waals surface area (Å²) in [5, 5.41) is 3.49. The van der Waals surface area contributed by atoms with Crippen LogP contribution in [0.25, 0.3) is 10.2 Å². The molecule has 33 heavy (non-hydrogen) atoms. The van der Waals surface area contributed by atoms with Crippen LogP contribution in [0.4, 0.5) is 10.5 Å². The summed E-state index contributed by atoms with van der Waals surface area (Å²) in [4.78, 5) is 47.6. The first-order chi connectivity index (χ1) is 15.4. The zero-order chi connectivity index (χ0) is 24.3. The van der Waals surface area contributed by atoms with Crippen molar-refractivity contribution in [2.75, 3.05) is 12.4 Å². The van der Waals surface area contributed by atoms with Gasteiger partial charge < -0.3 is 19.9 Å². The fourth-order valence-corrected chi connectivity index (χ4v) is 4.35. The molecule has 0 aliphatic carbocycles. The number of carbonyl (C=O) groups excluding carboxylic acids is 2. The van der Waals surface area contributed by atoms with Crippen LogP contribution in [0.2, 0.25) is 0 Å². The Balaban J connectivity index is 1.59. The van der Waals surface area contributed by atoms with E-state index in [1.807, 2.05) is 52.8 Å². The molecule has 0 aliphatic rings. The van der Waals surface area contributed by atoms with Crippen molar-refractivity contribution in [3.05, 3.63) is 56.4 Å². The molecule has 0 radical (unpaired) electrons. The first-order valence-corrected chi connectivity index (χ1v) is 11.6. The van der Waals surface area contributed by atoms with Crippen molar-refractivity contribution in [2.24, 2.45) is 0 Å². The van der Waals surface area contributed by atoms with Gasteiger partial charge in [0.2, 0.25) is 5.91 Å². The summed E-state index contributed by atoms with van der Waals surface area (Å²) in [6.07, 6.45) is 0.0972. The molecule has 3 rings (SSSR count). The smallest absolute Gasteiger partial charge is 0.410 e. The number of aromatic nitrogens is 2. The van der Waals surface area contributed by atoms with Crippen LogP contribution in [0.5, 0.6) is 0 Å². The molecule has 0 atom stereocenters. The average molecular weight is 471 g/mol. The molecule has 0 aliphatic heterocycles. The third kappa shape index (κ3) is 6.41. The van der Waals surface area contributed by atoms with E-state index >= 15 is 0 Å². The number of ether oxygens (including phenoxy) is 1. The molecule has 3 aromatic rings. The van der Waals surface area contributed by atoms with Crippen LogP contribution in [0.3, 0.4) is 0 Å². The zero-order valence-electron chi connectivity index (χ0n) is 19.9. The number of fused-ring (bicyclic) bond motifs is 1. The van der Waals surface area contributed by atoms with Crippen LogP contribution in [0, 0.1) is 13.8 Å². The number of nitrogens with one attached hydrogen (secondary N) is 2. The normalized spacial score (nSPS) is 11.5. The predicted molar refractivity (Wildman–Crippen MR) is 131 cm³/mol. The van der Waals surface area contributed by atoms with Gasteiger partial charge in [-0.1, -0.05) is 12.1 Å². The molecule has 0 saturated heterocycles. The number of amides is 2. The summed E-state index contributed by atoms with van der Waals surface area (Å²) < 4.78 is 5.37. The summed E-state index contributed by atoms with van der Waals surface area (Å²) in [7, 11) is 1.67. The Kier molecular flexibility index (Phi) is 7.22. The zero-order valence-corrected chi connectivity index (χ0v) is 20.7. The van der Waals surface area contributed by atoms with Gasteiger partial charge in [0.1, 0.15) is 16.3 Å². The van der Waals surface area contributed by atoms with Gasteiger partial charge in [-0.3, -0.25) is 9.59 Å². The highest BCUT2D eigenvalue weighted by Gasteiger charge is 2.19. The lowest BCUT2D eigenvalue weighted by Crippen LogP contribution is -2.33. The van der Waals surface area contributed by atoms with Gasteiger partial charge in [-0.2, -0.15) is 0 Å². The third-order valence-corrected chi connectivity index (χ3v) is 6.11. The van der Waals surface area contributed by atoms with Gasteiger partial charge in [0.05, 0.1) is 5.39 Å². The monoisotopic (exact) mass is 470 g/mol. The second-order valence-corrected chi connectivity index (χ2v) is 10.3. The maximum atomic E-state index is 12.5. The number of hydrogen-bond donors (Lipinski definition) is 2. The predicted octanol–water partition coefficient (Wildman–Crippen LogP) is 4.54. The number of nitrogens with zero attached hydrogens (tertiary/aromatic N) is 2. The molecule has 0 unspecified atom stereocenters. The number of H-pyrrole nitrogens is 1. The van der Waals surface area contributed by atoms with Crippen molar-refractivity contribution in [3.8, 4) is 0 Å². The maximum Gasteiger partial charge on any atom is 0.410 e. The number of aromatic amines is 1. The molecular formula is C24H30N4O4S. The van der Waals surface area contributed by atoms with Gasteiger partial charge in [0.15, 0.2) is 0 Å². The first kappa shape index (κ1) is 24.4. The largest absolute Gasteiger partial charge is 0.444 e. The van der Waals surface area contributed by atoms with Crippen LogP contribution in [0.15, 0.2) is 29.1 Å². The average Bonchev–Trinajstić information content (AvgIpc) is 2.99. The molecule has 1 aromatic carbocycles. The van der Waals surface area contributed by atoms with Gasteiger partial charge in [-0.25, -0.2) is 9.78 Å². The number of benzene rings is 1. The van der Waals surface area contributed by atoms with Gasteiger partial charge in [0.25, 0.3) is 5.56 Å². The Bertz CT molecular complexity index is 1240. The van der Waals surface area contributed by atoms with Crippen molar-refractivity contribution in [3.63, 3.8) is 0 Å². The van der Waals surface area contributed by atoms with Gasteiger partial charge >= 0.3 is 6.09 Å². The Morgan fingerprint density at radius 1 is 1.24 bits per heavy atom. The van der Waals surface area contributed by atoms with Crippen molar-refractivity contribution in [1.29, 1.82) is 0 Å². The lowest BCUT2D eigenvalue weighted by Gasteiger charge is -2.24. The summed E-state index contributed by atoms with van der Waals surface area (Å²) >= 11 is 1.49. The summed E-state index contributed by atoms with van der Waals surface area (Å²) in [5.41, 5.74) is 1.72. The maximum absolute atomic E-state index is 12.5. The topological polar surface area (TPSA) is 104 Å². The fourth-order valence-electron chi connectivity index (χ4n) is 3.30. The minimum Gasteiger partial charge on any atom is -0.444 e. The number of aryl methyl sites for hydroxylation is 3. The lowest BCUT2D eigenvalue weighted by molar-refractivity contribution is -0.116. The van der Waals surface area contributed by atoms with E-state index < -0.39 is 11.7 Å². The van der Waals surface area contributed by atoms with Crippen LogP contribution in [0.1, 0.15) is 49.0 Å². The van der Waals surface area contributed by atoms with Gasteiger partial charge in [0, 0.05) is 37.0 Å².